The van der Waals surface area contributed by atoms with Crippen molar-refractivity contribution in [3.8, 4) is 0 Å². The molecule has 8 heteroatoms. The largest absolute Gasteiger partial charge is 0.385 e. The number of aliphatic hydroxyl groups is 1. The number of amidine groups is 1. The molecule has 0 amide bonds. The van der Waals surface area contributed by atoms with Crippen molar-refractivity contribution >= 4 is 33.4 Å². The summed E-state index contributed by atoms with van der Waals surface area (Å²) in [5.74, 6) is 0.640. The van der Waals surface area contributed by atoms with Gasteiger partial charge >= 0.3 is 0 Å². The van der Waals surface area contributed by atoms with E-state index in [2.05, 4.69) is 15.0 Å². The predicted octanol–water partition coefficient (Wildman–Crippen LogP) is 0.115. The van der Waals surface area contributed by atoms with Crippen LogP contribution in [0.3, 0.4) is 0 Å². The van der Waals surface area contributed by atoms with Gasteiger partial charge in [0.05, 0.1) is 17.6 Å². The van der Waals surface area contributed by atoms with Crippen LogP contribution < -0.4 is 14.9 Å². The number of benzene rings is 1. The molecular weight excluding hydrogens is 328 g/mol. The molecule has 0 radical (unpaired) electrons. The average Bonchev–Trinajstić information content (AvgIpc) is 3.19. The van der Waals surface area contributed by atoms with Crippen molar-refractivity contribution < 1.29 is 13.5 Å². The van der Waals surface area contributed by atoms with Crippen molar-refractivity contribution in [1.82, 2.24) is 4.98 Å². The molecule has 24 heavy (non-hydrogen) atoms. The van der Waals surface area contributed by atoms with Crippen LogP contribution in [0.2, 0.25) is 0 Å². The van der Waals surface area contributed by atoms with Crippen LogP contribution in [0.15, 0.2) is 51.4 Å². The Morgan fingerprint density at radius 2 is 1.96 bits per heavy atom. The van der Waals surface area contributed by atoms with Gasteiger partial charge < -0.3 is 5.11 Å². The maximum atomic E-state index is 12.8. The Morgan fingerprint density at radius 1 is 1.21 bits per heavy atom. The Hall–Kier alpha value is -2.58. The number of hydrogen-bond donors (Lipinski definition) is 1. The highest BCUT2D eigenvalue weighted by atomic mass is 32.2. The lowest BCUT2D eigenvalue weighted by atomic mass is 10.3. The van der Waals surface area contributed by atoms with Gasteiger partial charge in [0.25, 0.3) is 10.0 Å². The first-order chi connectivity index (χ1) is 11.5. The summed E-state index contributed by atoms with van der Waals surface area (Å²) in [6, 6.07) is 8.24. The predicted molar refractivity (Wildman–Crippen MR) is 89.2 cm³/mol. The standard InChI is InChI=1S/C16H14N4O3S/c1-10(21)15-18-13-9-17-16-12(14(13)19-15)7-8-20(16)24(22,23)11-5-3-2-4-6-11/h2-7,9-10,21H,8H2,1H3/t10-/m1/s1. The molecule has 0 unspecified atom stereocenters. The Morgan fingerprint density at radius 3 is 2.67 bits per heavy atom. The molecule has 4 rings (SSSR count). The van der Waals surface area contributed by atoms with Crippen LogP contribution in [-0.2, 0) is 10.0 Å². The maximum absolute atomic E-state index is 12.8. The molecule has 0 fully saturated rings. The number of hydrogen-bond acceptors (Lipinski definition) is 6. The van der Waals surface area contributed by atoms with E-state index in [1.54, 1.807) is 43.3 Å². The van der Waals surface area contributed by atoms with Gasteiger partial charge in [-0.1, -0.05) is 24.3 Å². The first-order valence-electron chi connectivity index (χ1n) is 7.41. The number of nitrogens with zero attached hydrogens (tertiary/aromatic N) is 4. The van der Waals surface area contributed by atoms with E-state index in [0.29, 0.717) is 27.9 Å². The van der Waals surface area contributed by atoms with Crippen LogP contribution in [0.4, 0.5) is 11.5 Å². The molecule has 1 N–H and O–H groups in total. The normalized spacial score (nSPS) is 16.8. The van der Waals surface area contributed by atoms with E-state index < -0.39 is 16.1 Å². The van der Waals surface area contributed by atoms with Crippen LogP contribution in [0.5, 0.6) is 0 Å². The van der Waals surface area contributed by atoms with Crippen LogP contribution in [0.25, 0.3) is 6.08 Å². The second-order valence-corrected chi connectivity index (χ2v) is 7.40. The summed E-state index contributed by atoms with van der Waals surface area (Å²) in [5, 5.41) is 10.8. The monoisotopic (exact) mass is 342 g/mol. The quantitative estimate of drug-likeness (QED) is 0.857. The molecule has 1 aromatic heterocycles. The fourth-order valence-electron chi connectivity index (χ4n) is 2.72. The Balaban J connectivity index is 1.83. The van der Waals surface area contributed by atoms with Crippen LogP contribution in [0, 0.1) is 0 Å². The summed E-state index contributed by atoms with van der Waals surface area (Å²) >= 11 is 0. The first kappa shape index (κ1) is 15.0. The van der Waals surface area contributed by atoms with E-state index in [9.17, 15) is 13.5 Å². The summed E-state index contributed by atoms with van der Waals surface area (Å²) in [7, 11) is -3.69. The lowest BCUT2D eigenvalue weighted by Crippen LogP contribution is -2.34. The summed E-state index contributed by atoms with van der Waals surface area (Å²) in [6.45, 7) is 1.77. The van der Waals surface area contributed by atoms with Crippen LogP contribution in [-0.4, -0.2) is 37.0 Å². The summed E-state index contributed by atoms with van der Waals surface area (Å²) < 4.78 is 26.9. The molecule has 122 valence electrons. The van der Waals surface area contributed by atoms with Crippen LogP contribution >= 0.6 is 0 Å². The third-order valence-electron chi connectivity index (χ3n) is 3.91. The van der Waals surface area contributed by atoms with E-state index in [1.165, 1.54) is 10.5 Å². The molecule has 0 bridgehead atoms. The van der Waals surface area contributed by atoms with Crippen molar-refractivity contribution in [2.24, 2.45) is 9.98 Å². The Kier molecular flexibility index (Phi) is 3.26. The number of pyridine rings is 1. The zero-order valence-corrected chi connectivity index (χ0v) is 13.6. The molecular formula is C16H14N4O3S. The van der Waals surface area contributed by atoms with Gasteiger partial charge in [-0.05, 0) is 19.1 Å². The molecule has 0 spiro atoms. The third kappa shape index (κ3) is 2.15. The van der Waals surface area contributed by atoms with E-state index >= 15 is 0 Å². The summed E-state index contributed by atoms with van der Waals surface area (Å²) in [6.07, 6.45) is 2.46. The number of aromatic nitrogens is 1. The second kappa shape index (κ2) is 5.22. The zero-order valence-electron chi connectivity index (χ0n) is 12.8. The van der Waals surface area contributed by atoms with Gasteiger partial charge in [0, 0.05) is 5.22 Å². The number of sulfonamides is 1. The van der Waals surface area contributed by atoms with Crippen molar-refractivity contribution in [3.63, 3.8) is 0 Å². The Labute approximate surface area is 138 Å². The molecule has 0 aliphatic carbocycles. The van der Waals surface area contributed by atoms with Gasteiger partial charge in [0.1, 0.15) is 17.1 Å². The van der Waals surface area contributed by atoms with Crippen LogP contribution in [0.1, 0.15) is 6.92 Å². The van der Waals surface area contributed by atoms with Gasteiger partial charge in [-0.3, -0.25) is 0 Å². The lowest BCUT2D eigenvalue weighted by molar-refractivity contribution is 0.261. The molecule has 1 aromatic carbocycles. The first-order valence-corrected chi connectivity index (χ1v) is 8.85. The smallest absolute Gasteiger partial charge is 0.265 e. The molecule has 7 nitrogen and oxygen atoms in total. The van der Waals surface area contributed by atoms with E-state index in [-0.39, 0.29) is 11.4 Å². The average molecular weight is 342 g/mol. The van der Waals surface area contributed by atoms with Gasteiger partial charge in [0.2, 0.25) is 0 Å². The fourth-order valence-corrected chi connectivity index (χ4v) is 4.12. The Bertz CT molecular complexity index is 1080. The van der Waals surface area contributed by atoms with E-state index in [1.807, 2.05) is 0 Å². The van der Waals surface area contributed by atoms with Crippen molar-refractivity contribution in [1.29, 1.82) is 0 Å². The molecule has 0 saturated carbocycles. The lowest BCUT2D eigenvalue weighted by Gasteiger charge is -2.18. The van der Waals surface area contributed by atoms with E-state index in [0.717, 1.165) is 0 Å². The molecule has 1 atom stereocenters. The van der Waals surface area contributed by atoms with Gasteiger partial charge in [-0.2, -0.15) is 0 Å². The number of rotatable bonds is 3. The fraction of sp³-hybridized carbons (Fsp3) is 0.188. The van der Waals surface area contributed by atoms with Crippen molar-refractivity contribution in [3.05, 3.63) is 47.1 Å². The summed E-state index contributed by atoms with van der Waals surface area (Å²) in [4.78, 5) is 13.0. The van der Waals surface area contributed by atoms with Crippen molar-refractivity contribution in [2.45, 2.75) is 17.9 Å². The third-order valence-corrected chi connectivity index (χ3v) is 5.68. The number of anilines is 1. The molecule has 2 aromatic rings. The number of aliphatic imine (C=N–C) groups is 1. The molecule has 3 heterocycles. The molecule has 2 aliphatic heterocycles. The topological polar surface area (TPSA) is 95.2 Å². The van der Waals surface area contributed by atoms with Gasteiger partial charge in [-0.25, -0.2) is 27.7 Å². The second-order valence-electron chi connectivity index (χ2n) is 5.54. The van der Waals surface area contributed by atoms with E-state index in [4.69, 9.17) is 0 Å². The highest BCUT2D eigenvalue weighted by molar-refractivity contribution is 7.92. The molecule has 0 saturated heterocycles. The van der Waals surface area contributed by atoms with Crippen molar-refractivity contribution in [2.75, 3.05) is 10.8 Å². The maximum Gasteiger partial charge on any atom is 0.265 e. The minimum atomic E-state index is -3.69. The minimum Gasteiger partial charge on any atom is -0.385 e. The number of fused-ring (bicyclic) bond motifs is 3. The highest BCUT2D eigenvalue weighted by Crippen LogP contribution is 2.23. The zero-order chi connectivity index (χ0) is 16.9. The van der Waals surface area contributed by atoms with Gasteiger partial charge in [0.15, 0.2) is 11.7 Å². The highest BCUT2D eigenvalue weighted by Gasteiger charge is 2.30. The van der Waals surface area contributed by atoms with Gasteiger partial charge in [-0.15, -0.1) is 0 Å². The number of aliphatic hydroxyl groups excluding tert-OH is 1. The molecule has 2 aliphatic rings. The minimum absolute atomic E-state index is 0.190. The summed E-state index contributed by atoms with van der Waals surface area (Å²) in [5.41, 5.74) is 0.542. The SMILES string of the molecule is C[C@@H](O)C1=Nc2cnc3c(c2=N1)=CCN3S(=O)(=O)c1ccccc1.